The topological polar surface area (TPSA) is 124 Å². The van der Waals surface area contributed by atoms with Crippen LogP contribution in [-0.4, -0.2) is 59.1 Å². The van der Waals surface area contributed by atoms with Crippen molar-refractivity contribution in [2.75, 3.05) is 13.1 Å². The molecule has 2 aromatic carbocycles. The number of amides is 1. The Morgan fingerprint density at radius 2 is 1.53 bits per heavy atom. The first kappa shape index (κ1) is 29.7. The van der Waals surface area contributed by atoms with E-state index in [2.05, 4.69) is 9.97 Å². The van der Waals surface area contributed by atoms with Gasteiger partial charge in [0.05, 0.1) is 10.1 Å². The zero-order valence-corrected chi connectivity index (χ0v) is 24.1. The van der Waals surface area contributed by atoms with Crippen molar-refractivity contribution < 1.29 is 31.9 Å². The Balaban J connectivity index is 1.13. The Morgan fingerprint density at radius 3 is 2.12 bits per heavy atom. The monoisotopic (exact) mass is 601 g/mol. The molecule has 5 rings (SSSR count). The highest BCUT2D eigenvalue weighted by atomic mass is 32.2. The van der Waals surface area contributed by atoms with Gasteiger partial charge in [-0.25, -0.2) is 17.8 Å². The third-order valence-corrected chi connectivity index (χ3v) is 9.54. The quantitative estimate of drug-likeness (QED) is 0.191. The lowest BCUT2D eigenvalue weighted by molar-refractivity contribution is 0.0719. The number of hydrogen-bond donors (Lipinski definition) is 0. The number of carbonyl (C=O) groups is 3. The van der Waals surface area contributed by atoms with Crippen LogP contribution in [0.25, 0.3) is 0 Å². The number of ether oxygens (including phenoxy) is 1. The predicted molar refractivity (Wildman–Crippen MR) is 156 cm³/mol. The molecule has 0 aliphatic carbocycles. The SMILES string of the molecule is CC(=O)c1ccc(Oc2ccc(CC(=O)c3ccc(C(=O)N4CCC(S(=O)(=O)c5ccc(F)cc5)CC4)nc3)cn2)cc1. The van der Waals surface area contributed by atoms with Crippen molar-refractivity contribution in [2.45, 2.75) is 36.3 Å². The van der Waals surface area contributed by atoms with Gasteiger partial charge in [-0.3, -0.25) is 19.4 Å². The summed E-state index contributed by atoms with van der Waals surface area (Å²) in [6.45, 7) is 1.97. The number of carbonyl (C=O) groups excluding carboxylic acids is 3. The first-order valence-corrected chi connectivity index (χ1v) is 15.2. The van der Waals surface area contributed by atoms with Crippen LogP contribution in [0.3, 0.4) is 0 Å². The van der Waals surface area contributed by atoms with Crippen LogP contribution in [-0.2, 0) is 16.3 Å². The van der Waals surface area contributed by atoms with Crippen LogP contribution in [0.15, 0.2) is 90.1 Å². The molecule has 0 saturated carbocycles. The standard InChI is InChI=1S/C32H28FN3O6S/c1-21(37)23-3-8-26(9-4-23)42-31-13-2-22(19-35-31)18-30(38)24-5-12-29(34-20-24)32(39)36-16-14-28(15-17-36)43(40,41)27-10-6-25(33)7-11-27/h2-13,19-20,28H,14-18H2,1H3. The van der Waals surface area contributed by atoms with Crippen LogP contribution < -0.4 is 4.74 Å². The van der Waals surface area contributed by atoms with Crippen molar-refractivity contribution in [3.05, 3.63) is 113 Å². The Hall–Kier alpha value is -4.77. The largest absolute Gasteiger partial charge is 0.439 e. The summed E-state index contributed by atoms with van der Waals surface area (Å²) in [5.41, 5.74) is 1.75. The van der Waals surface area contributed by atoms with Gasteiger partial charge in [0.15, 0.2) is 21.4 Å². The summed E-state index contributed by atoms with van der Waals surface area (Å²) in [6.07, 6.45) is 3.49. The fourth-order valence-corrected chi connectivity index (χ4v) is 6.51. The van der Waals surface area contributed by atoms with Gasteiger partial charge in [0, 0.05) is 49.1 Å². The molecule has 1 aliphatic rings. The molecule has 0 spiro atoms. The molecule has 1 aliphatic heterocycles. The average Bonchev–Trinajstić information content (AvgIpc) is 3.02. The second kappa shape index (κ2) is 12.6. The Bertz CT molecular complexity index is 1730. The maximum Gasteiger partial charge on any atom is 0.272 e. The van der Waals surface area contributed by atoms with Gasteiger partial charge < -0.3 is 9.64 Å². The predicted octanol–water partition coefficient (Wildman–Crippen LogP) is 5.11. The van der Waals surface area contributed by atoms with E-state index in [-0.39, 0.29) is 60.4 Å². The number of benzene rings is 2. The second-order valence-electron chi connectivity index (χ2n) is 10.2. The third kappa shape index (κ3) is 7.00. The van der Waals surface area contributed by atoms with Gasteiger partial charge in [-0.1, -0.05) is 6.07 Å². The summed E-state index contributed by atoms with van der Waals surface area (Å²) in [4.78, 5) is 47.3. The molecule has 11 heteroatoms. The molecule has 2 aromatic heterocycles. The molecule has 3 heterocycles. The molecular formula is C32H28FN3O6S. The number of piperidine rings is 1. The van der Waals surface area contributed by atoms with Crippen LogP contribution >= 0.6 is 0 Å². The average molecular weight is 602 g/mol. The van der Waals surface area contributed by atoms with Crippen LogP contribution in [0.2, 0.25) is 0 Å². The molecule has 0 bridgehead atoms. The number of aromatic nitrogens is 2. The summed E-state index contributed by atoms with van der Waals surface area (Å²) in [6, 6.07) is 17.9. The maximum atomic E-state index is 13.2. The molecule has 1 amide bonds. The van der Waals surface area contributed by atoms with E-state index in [0.29, 0.717) is 28.3 Å². The molecule has 9 nitrogen and oxygen atoms in total. The number of nitrogens with zero attached hydrogens (tertiary/aromatic N) is 3. The number of pyridine rings is 2. The Labute approximate surface area is 248 Å². The molecule has 1 saturated heterocycles. The number of rotatable bonds is 9. The molecule has 1 fully saturated rings. The lowest BCUT2D eigenvalue weighted by Gasteiger charge is -2.31. The number of sulfone groups is 1. The van der Waals surface area contributed by atoms with Gasteiger partial charge in [-0.2, -0.15) is 0 Å². The van der Waals surface area contributed by atoms with E-state index in [0.717, 1.165) is 12.1 Å². The summed E-state index contributed by atoms with van der Waals surface area (Å²) in [5, 5.41) is -0.663. The highest BCUT2D eigenvalue weighted by Crippen LogP contribution is 2.26. The summed E-state index contributed by atoms with van der Waals surface area (Å²) in [5.74, 6) is -0.214. The van der Waals surface area contributed by atoms with Gasteiger partial charge in [0.25, 0.3) is 5.91 Å². The first-order valence-electron chi connectivity index (χ1n) is 13.6. The molecule has 43 heavy (non-hydrogen) atoms. The Morgan fingerprint density at radius 1 is 0.860 bits per heavy atom. The van der Waals surface area contributed by atoms with E-state index in [4.69, 9.17) is 4.74 Å². The van der Waals surface area contributed by atoms with Crippen molar-refractivity contribution in [3.8, 4) is 11.6 Å². The summed E-state index contributed by atoms with van der Waals surface area (Å²) in [7, 11) is -3.63. The smallest absolute Gasteiger partial charge is 0.272 e. The lowest BCUT2D eigenvalue weighted by Crippen LogP contribution is -2.42. The molecule has 220 valence electrons. The van der Waals surface area contributed by atoms with Gasteiger partial charge in [0.2, 0.25) is 5.88 Å². The van der Waals surface area contributed by atoms with Crippen molar-refractivity contribution in [2.24, 2.45) is 0 Å². The highest BCUT2D eigenvalue weighted by Gasteiger charge is 2.33. The first-order chi connectivity index (χ1) is 20.6. The number of halogens is 1. The molecule has 0 unspecified atom stereocenters. The fraction of sp³-hybridized carbons (Fsp3) is 0.219. The third-order valence-electron chi connectivity index (χ3n) is 7.26. The van der Waals surface area contributed by atoms with Gasteiger partial charge in [-0.15, -0.1) is 0 Å². The van der Waals surface area contributed by atoms with E-state index < -0.39 is 20.9 Å². The minimum atomic E-state index is -3.63. The van der Waals surface area contributed by atoms with Crippen molar-refractivity contribution >= 4 is 27.3 Å². The summed E-state index contributed by atoms with van der Waals surface area (Å²) >= 11 is 0. The van der Waals surface area contributed by atoms with Crippen LogP contribution in [0.5, 0.6) is 11.6 Å². The van der Waals surface area contributed by atoms with Crippen molar-refractivity contribution in [1.82, 2.24) is 14.9 Å². The molecule has 0 N–H and O–H groups in total. The molecule has 0 radical (unpaired) electrons. The molecule has 4 aromatic rings. The van der Waals surface area contributed by atoms with Gasteiger partial charge >= 0.3 is 0 Å². The van der Waals surface area contributed by atoms with Gasteiger partial charge in [-0.05, 0) is 86.0 Å². The lowest BCUT2D eigenvalue weighted by atomic mass is 10.1. The second-order valence-corrected chi connectivity index (χ2v) is 12.4. The molecule has 0 atom stereocenters. The molecular weight excluding hydrogens is 573 g/mol. The minimum absolute atomic E-state index is 0.0364. The van der Waals surface area contributed by atoms with Crippen LogP contribution in [0, 0.1) is 5.82 Å². The van der Waals surface area contributed by atoms with E-state index in [1.807, 2.05) is 0 Å². The normalized spacial score (nSPS) is 13.9. The number of likely N-dealkylation sites (tertiary alicyclic amines) is 1. The minimum Gasteiger partial charge on any atom is -0.439 e. The van der Waals surface area contributed by atoms with E-state index in [1.54, 1.807) is 53.6 Å². The fourth-order valence-electron chi connectivity index (χ4n) is 4.77. The van der Waals surface area contributed by atoms with Crippen LogP contribution in [0.1, 0.15) is 56.5 Å². The van der Waals surface area contributed by atoms with E-state index in [9.17, 15) is 27.2 Å². The van der Waals surface area contributed by atoms with E-state index in [1.165, 1.54) is 31.3 Å². The van der Waals surface area contributed by atoms with Crippen LogP contribution in [0.4, 0.5) is 4.39 Å². The Kier molecular flexibility index (Phi) is 8.72. The summed E-state index contributed by atoms with van der Waals surface area (Å²) < 4.78 is 44.7. The van der Waals surface area contributed by atoms with Gasteiger partial charge in [0.1, 0.15) is 17.3 Å². The zero-order chi connectivity index (χ0) is 30.6. The zero-order valence-electron chi connectivity index (χ0n) is 23.3. The van der Waals surface area contributed by atoms with E-state index >= 15 is 0 Å². The number of ketones is 2. The van der Waals surface area contributed by atoms with Crippen molar-refractivity contribution in [1.29, 1.82) is 0 Å². The number of hydrogen-bond acceptors (Lipinski definition) is 8. The maximum absolute atomic E-state index is 13.2. The highest BCUT2D eigenvalue weighted by molar-refractivity contribution is 7.92. The number of Topliss-reactive ketones (excluding diaryl/α,β-unsaturated/α-hetero) is 2. The van der Waals surface area contributed by atoms with Crippen molar-refractivity contribution in [3.63, 3.8) is 0 Å².